The Morgan fingerprint density at radius 1 is 1.22 bits per heavy atom. The van der Waals surface area contributed by atoms with Gasteiger partial charge in [0, 0.05) is 32.2 Å². The van der Waals surface area contributed by atoms with Crippen molar-refractivity contribution < 1.29 is 4.79 Å². The second kappa shape index (κ2) is 6.21. The molecule has 3 nitrogen and oxygen atoms in total. The van der Waals surface area contributed by atoms with Gasteiger partial charge in [0.25, 0.3) is 0 Å². The summed E-state index contributed by atoms with van der Waals surface area (Å²) in [5.41, 5.74) is 1.33. The highest BCUT2D eigenvalue weighted by molar-refractivity contribution is 6.27. The molecule has 1 heterocycles. The van der Waals surface area contributed by atoms with Crippen LogP contribution in [0.15, 0.2) is 30.3 Å². The molecule has 0 spiro atoms. The van der Waals surface area contributed by atoms with Crippen molar-refractivity contribution in [2.45, 2.75) is 13.0 Å². The van der Waals surface area contributed by atoms with Gasteiger partial charge in [0.15, 0.2) is 0 Å². The Hall–Kier alpha value is -1.06. The maximum absolute atomic E-state index is 11.5. The van der Waals surface area contributed by atoms with Crippen molar-refractivity contribution in [3.05, 3.63) is 35.9 Å². The molecule has 18 heavy (non-hydrogen) atoms. The number of halogens is 1. The highest BCUT2D eigenvalue weighted by Gasteiger charge is 2.23. The van der Waals surface area contributed by atoms with E-state index in [4.69, 9.17) is 11.6 Å². The molecule has 0 radical (unpaired) electrons. The van der Waals surface area contributed by atoms with Crippen LogP contribution in [-0.4, -0.2) is 47.8 Å². The van der Waals surface area contributed by atoms with E-state index in [2.05, 4.69) is 36.1 Å². The number of amides is 1. The molecule has 0 saturated carbocycles. The molecule has 1 aliphatic rings. The van der Waals surface area contributed by atoms with Crippen molar-refractivity contribution in [2.24, 2.45) is 0 Å². The van der Waals surface area contributed by atoms with Gasteiger partial charge in [-0.1, -0.05) is 30.3 Å². The maximum Gasteiger partial charge on any atom is 0.237 e. The van der Waals surface area contributed by atoms with Gasteiger partial charge in [-0.3, -0.25) is 9.69 Å². The molecule has 0 aliphatic carbocycles. The van der Waals surface area contributed by atoms with E-state index in [1.807, 2.05) is 11.0 Å². The Balaban J connectivity index is 1.92. The first kappa shape index (κ1) is 13.4. The minimum atomic E-state index is 0.0451. The molecule has 2 rings (SSSR count). The number of alkyl halides is 1. The van der Waals surface area contributed by atoms with E-state index in [1.54, 1.807) is 0 Å². The number of benzene rings is 1. The quantitative estimate of drug-likeness (QED) is 0.783. The number of nitrogens with zero attached hydrogens (tertiary/aromatic N) is 2. The Bertz CT molecular complexity index is 388. The number of hydrogen-bond donors (Lipinski definition) is 0. The zero-order valence-corrected chi connectivity index (χ0v) is 11.4. The van der Waals surface area contributed by atoms with Crippen molar-refractivity contribution in [1.82, 2.24) is 9.80 Å². The summed E-state index contributed by atoms with van der Waals surface area (Å²) in [5.74, 6) is 0.137. The Morgan fingerprint density at radius 2 is 1.83 bits per heavy atom. The van der Waals surface area contributed by atoms with Gasteiger partial charge in [-0.25, -0.2) is 0 Å². The predicted molar refractivity (Wildman–Crippen MR) is 73.7 cm³/mol. The SMILES string of the molecule is C[C@H](c1ccccc1)N1CCN(C(=O)CCl)CC1. The average Bonchev–Trinajstić information content (AvgIpc) is 2.47. The predicted octanol–water partition coefficient (Wildman–Crippen LogP) is 2.13. The number of carbonyl (C=O) groups is 1. The summed E-state index contributed by atoms with van der Waals surface area (Å²) in [6, 6.07) is 10.9. The molecule has 0 unspecified atom stereocenters. The molecule has 1 atom stereocenters. The van der Waals surface area contributed by atoms with E-state index < -0.39 is 0 Å². The molecule has 0 aromatic heterocycles. The van der Waals surface area contributed by atoms with Gasteiger partial charge in [0.2, 0.25) is 5.91 Å². The molecule has 1 aliphatic heterocycles. The third-order valence-electron chi connectivity index (χ3n) is 3.61. The molecule has 0 N–H and O–H groups in total. The molecule has 1 saturated heterocycles. The molecule has 1 aromatic carbocycles. The first-order valence-electron chi connectivity index (χ1n) is 6.35. The zero-order valence-electron chi connectivity index (χ0n) is 10.7. The van der Waals surface area contributed by atoms with Gasteiger partial charge < -0.3 is 4.90 Å². The highest BCUT2D eigenvalue weighted by atomic mass is 35.5. The number of rotatable bonds is 3. The largest absolute Gasteiger partial charge is 0.339 e. The van der Waals surface area contributed by atoms with Crippen LogP contribution in [-0.2, 0) is 4.79 Å². The fraction of sp³-hybridized carbons (Fsp3) is 0.500. The van der Waals surface area contributed by atoms with Crippen molar-refractivity contribution in [3.63, 3.8) is 0 Å². The summed E-state index contributed by atoms with van der Waals surface area (Å²) in [4.78, 5) is 15.7. The highest BCUT2D eigenvalue weighted by Crippen LogP contribution is 2.21. The molecule has 0 bridgehead atoms. The minimum Gasteiger partial charge on any atom is -0.339 e. The van der Waals surface area contributed by atoms with E-state index in [0.29, 0.717) is 6.04 Å². The third-order valence-corrected chi connectivity index (χ3v) is 3.84. The molecule has 4 heteroatoms. The van der Waals surface area contributed by atoms with Crippen LogP contribution in [0.5, 0.6) is 0 Å². The number of piperazine rings is 1. The summed E-state index contributed by atoms with van der Waals surface area (Å²) in [7, 11) is 0. The van der Waals surface area contributed by atoms with Crippen LogP contribution < -0.4 is 0 Å². The summed E-state index contributed by atoms with van der Waals surface area (Å²) in [5, 5.41) is 0. The summed E-state index contributed by atoms with van der Waals surface area (Å²) in [6.45, 7) is 5.61. The molecular weight excluding hydrogens is 248 g/mol. The Labute approximate surface area is 113 Å². The lowest BCUT2D eigenvalue weighted by molar-refractivity contribution is -0.130. The minimum absolute atomic E-state index is 0.0451. The van der Waals surface area contributed by atoms with Gasteiger partial charge >= 0.3 is 0 Å². The van der Waals surface area contributed by atoms with E-state index in [0.717, 1.165) is 26.2 Å². The van der Waals surface area contributed by atoms with Crippen molar-refractivity contribution >= 4 is 17.5 Å². The lowest BCUT2D eigenvalue weighted by Crippen LogP contribution is -2.49. The van der Waals surface area contributed by atoms with Crippen LogP contribution in [0.1, 0.15) is 18.5 Å². The molecule has 98 valence electrons. The van der Waals surface area contributed by atoms with E-state index in [1.165, 1.54) is 5.56 Å². The van der Waals surface area contributed by atoms with Gasteiger partial charge in [-0.05, 0) is 12.5 Å². The van der Waals surface area contributed by atoms with Gasteiger partial charge in [0.05, 0.1) is 0 Å². The van der Waals surface area contributed by atoms with Crippen LogP contribution in [0, 0.1) is 0 Å². The van der Waals surface area contributed by atoms with Gasteiger partial charge in [0.1, 0.15) is 5.88 Å². The summed E-state index contributed by atoms with van der Waals surface area (Å²) < 4.78 is 0. The smallest absolute Gasteiger partial charge is 0.237 e. The molecule has 1 fully saturated rings. The van der Waals surface area contributed by atoms with Crippen LogP contribution in [0.2, 0.25) is 0 Å². The summed E-state index contributed by atoms with van der Waals surface area (Å²) in [6.07, 6.45) is 0. The zero-order chi connectivity index (χ0) is 13.0. The fourth-order valence-electron chi connectivity index (χ4n) is 2.39. The average molecular weight is 267 g/mol. The molecular formula is C14H19ClN2O. The maximum atomic E-state index is 11.5. The van der Waals surface area contributed by atoms with Crippen LogP contribution in [0.25, 0.3) is 0 Å². The second-order valence-electron chi connectivity index (χ2n) is 4.64. The fourth-order valence-corrected chi connectivity index (χ4v) is 2.55. The van der Waals surface area contributed by atoms with Crippen LogP contribution >= 0.6 is 11.6 Å². The van der Waals surface area contributed by atoms with E-state index >= 15 is 0 Å². The Morgan fingerprint density at radius 3 is 2.39 bits per heavy atom. The van der Waals surface area contributed by atoms with Crippen LogP contribution in [0.4, 0.5) is 0 Å². The van der Waals surface area contributed by atoms with Crippen molar-refractivity contribution in [3.8, 4) is 0 Å². The first-order chi connectivity index (χ1) is 8.72. The normalized spacial score (nSPS) is 18.7. The molecule has 1 aromatic rings. The van der Waals surface area contributed by atoms with E-state index in [-0.39, 0.29) is 11.8 Å². The lowest BCUT2D eigenvalue weighted by atomic mass is 10.1. The van der Waals surface area contributed by atoms with Crippen molar-refractivity contribution in [1.29, 1.82) is 0 Å². The first-order valence-corrected chi connectivity index (χ1v) is 6.88. The Kier molecular flexibility index (Phi) is 4.61. The topological polar surface area (TPSA) is 23.6 Å². The summed E-state index contributed by atoms with van der Waals surface area (Å²) >= 11 is 5.58. The molecule has 1 amide bonds. The van der Waals surface area contributed by atoms with Gasteiger partial charge in [-0.2, -0.15) is 0 Å². The monoisotopic (exact) mass is 266 g/mol. The third kappa shape index (κ3) is 3.03. The second-order valence-corrected chi connectivity index (χ2v) is 4.90. The van der Waals surface area contributed by atoms with Gasteiger partial charge in [-0.15, -0.1) is 11.6 Å². The lowest BCUT2D eigenvalue weighted by Gasteiger charge is -2.38. The standard InChI is InChI=1S/C14H19ClN2O/c1-12(13-5-3-2-4-6-13)16-7-9-17(10-8-16)14(18)11-15/h2-6,12H,7-11H2,1H3/t12-/m1/s1. The van der Waals surface area contributed by atoms with Crippen molar-refractivity contribution in [2.75, 3.05) is 32.1 Å². The van der Waals surface area contributed by atoms with Crippen LogP contribution in [0.3, 0.4) is 0 Å². The number of hydrogen-bond acceptors (Lipinski definition) is 2. The van der Waals surface area contributed by atoms with E-state index in [9.17, 15) is 4.79 Å². The number of carbonyl (C=O) groups excluding carboxylic acids is 1.